The van der Waals surface area contributed by atoms with Crippen molar-refractivity contribution in [2.45, 2.75) is 232 Å². The van der Waals surface area contributed by atoms with Gasteiger partial charge in [0.1, 0.15) is 13.2 Å². The molecule has 0 rings (SSSR count). The molecule has 0 aromatic rings. The fourth-order valence-corrected chi connectivity index (χ4v) is 6.88. The summed E-state index contributed by atoms with van der Waals surface area (Å²) in [5, 5.41) is 0. The minimum atomic E-state index is -0.837. The molecule has 0 radical (unpaired) electrons. The summed E-state index contributed by atoms with van der Waals surface area (Å²) in [6.07, 6.45) is 74.8. The maximum absolute atomic E-state index is 12.8. The van der Waals surface area contributed by atoms with Crippen LogP contribution in [-0.4, -0.2) is 37.2 Å². The minimum Gasteiger partial charge on any atom is -0.462 e. The summed E-state index contributed by atoms with van der Waals surface area (Å²) >= 11 is 0. The van der Waals surface area contributed by atoms with Crippen LogP contribution in [0.1, 0.15) is 226 Å². The highest BCUT2D eigenvalue weighted by Gasteiger charge is 2.19. The van der Waals surface area contributed by atoms with Crippen LogP contribution < -0.4 is 0 Å². The molecule has 378 valence electrons. The third-order valence-electron chi connectivity index (χ3n) is 10.9. The van der Waals surface area contributed by atoms with Gasteiger partial charge in [-0.1, -0.05) is 206 Å². The van der Waals surface area contributed by atoms with Crippen LogP contribution >= 0.6 is 0 Å². The number of hydrogen-bond donors (Lipinski definition) is 0. The normalized spacial score (nSPS) is 13.1. The second-order valence-electron chi connectivity index (χ2n) is 17.4. The molecule has 0 aliphatic heterocycles. The first-order valence-electron chi connectivity index (χ1n) is 27.0. The smallest absolute Gasteiger partial charge is 0.306 e. The zero-order valence-corrected chi connectivity index (χ0v) is 43.1. The van der Waals surface area contributed by atoms with E-state index in [4.69, 9.17) is 14.2 Å². The Labute approximate surface area is 412 Å². The summed E-state index contributed by atoms with van der Waals surface area (Å²) in [5.41, 5.74) is 0. The summed E-state index contributed by atoms with van der Waals surface area (Å²) in [6.45, 7) is 6.37. The van der Waals surface area contributed by atoms with Crippen molar-refractivity contribution in [3.63, 3.8) is 0 Å². The number of allylic oxidation sites excluding steroid dienone is 20. The van der Waals surface area contributed by atoms with Crippen LogP contribution in [0, 0.1) is 0 Å². The largest absolute Gasteiger partial charge is 0.462 e. The van der Waals surface area contributed by atoms with Gasteiger partial charge in [-0.05, 0) is 122 Å². The van der Waals surface area contributed by atoms with Crippen molar-refractivity contribution < 1.29 is 28.6 Å². The number of esters is 3. The van der Waals surface area contributed by atoms with Crippen LogP contribution in [0.5, 0.6) is 0 Å². The van der Waals surface area contributed by atoms with Gasteiger partial charge in [0.15, 0.2) is 6.10 Å². The van der Waals surface area contributed by atoms with Gasteiger partial charge in [0.2, 0.25) is 0 Å². The maximum atomic E-state index is 12.8. The fourth-order valence-electron chi connectivity index (χ4n) is 6.88. The third kappa shape index (κ3) is 52.6. The molecule has 0 fully saturated rings. The van der Waals surface area contributed by atoms with Crippen molar-refractivity contribution in [2.75, 3.05) is 13.2 Å². The van der Waals surface area contributed by atoms with E-state index in [1.807, 2.05) is 0 Å². The van der Waals surface area contributed by atoms with Crippen LogP contribution in [0.4, 0.5) is 0 Å². The van der Waals surface area contributed by atoms with E-state index < -0.39 is 6.10 Å². The van der Waals surface area contributed by atoms with E-state index in [1.165, 1.54) is 70.6 Å². The Hall–Kier alpha value is -4.19. The molecule has 6 heteroatoms. The van der Waals surface area contributed by atoms with Crippen LogP contribution in [0.2, 0.25) is 0 Å². The van der Waals surface area contributed by atoms with Crippen molar-refractivity contribution in [3.05, 3.63) is 122 Å². The van der Waals surface area contributed by atoms with Gasteiger partial charge in [0, 0.05) is 19.3 Å². The predicted octanol–water partition coefficient (Wildman–Crippen LogP) is 18.1. The molecule has 0 unspecified atom stereocenters. The number of carbonyl (C=O) groups excluding carboxylic acids is 3. The number of unbranched alkanes of at least 4 members (excludes halogenated alkanes) is 16. The molecule has 6 nitrogen and oxygen atoms in total. The lowest BCUT2D eigenvalue weighted by molar-refractivity contribution is -0.167. The highest BCUT2D eigenvalue weighted by atomic mass is 16.6. The van der Waals surface area contributed by atoms with E-state index >= 15 is 0 Å². The van der Waals surface area contributed by atoms with Crippen molar-refractivity contribution in [3.8, 4) is 0 Å². The first-order chi connectivity index (χ1) is 33.0. The lowest BCUT2D eigenvalue weighted by atomic mass is 10.1. The molecule has 0 amide bonds. The van der Waals surface area contributed by atoms with E-state index in [1.54, 1.807) is 0 Å². The van der Waals surface area contributed by atoms with E-state index in [0.29, 0.717) is 19.3 Å². The van der Waals surface area contributed by atoms with Gasteiger partial charge in [0.05, 0.1) is 0 Å². The molecule has 0 saturated heterocycles. The number of carbonyl (C=O) groups is 3. The van der Waals surface area contributed by atoms with Crippen LogP contribution in [0.3, 0.4) is 0 Å². The van der Waals surface area contributed by atoms with Gasteiger partial charge in [-0.2, -0.15) is 0 Å². The quantitative estimate of drug-likeness (QED) is 0.0262. The standard InChI is InChI=1S/C61H98O6/c1-4-7-10-13-16-19-22-25-28-30-33-36-39-42-45-48-51-54-60(63)66-57-58(56-65-59(62)53-50-47-44-41-38-35-32-27-24-21-18-15-12-9-6-3)67-61(64)55-52-49-46-43-40-37-34-31-29-26-23-20-17-14-11-8-5-2/h9,12,16,18-19,21,25-29,32-34,36-37,42-43,45-46,58H,4-8,10-11,13-15,17,20,22-24,30-31,35,38-41,44,47-57H2,1-3H3/b12-9-,19-16-,21-18-,28-25-,29-26-,32-27-,36-33-,37-34-,45-42-,46-43-/t58-/m1/s1. The van der Waals surface area contributed by atoms with Gasteiger partial charge in [0.25, 0.3) is 0 Å². The van der Waals surface area contributed by atoms with Crippen LogP contribution in [-0.2, 0) is 28.6 Å². The average Bonchev–Trinajstić information content (AvgIpc) is 3.33. The Morgan fingerprint density at radius 3 is 1.00 bits per heavy atom. The Balaban J connectivity index is 4.60. The molecule has 0 heterocycles. The first kappa shape index (κ1) is 62.8. The molecule has 0 saturated carbocycles. The predicted molar refractivity (Wildman–Crippen MR) is 288 cm³/mol. The minimum absolute atomic E-state index is 0.127. The van der Waals surface area contributed by atoms with E-state index in [2.05, 4.69) is 142 Å². The summed E-state index contributed by atoms with van der Waals surface area (Å²) < 4.78 is 16.7. The SMILES string of the molecule is CC/C=C\C/C=C\C/C=C\CCCCCCCC(=O)OC[C@H](COC(=O)CCC/C=C\C/C=C\C/C=C\C/C=C\CCCCC)OC(=O)CCC/C=C\C/C=C\C/C=C\CCCCCCCC. The fraction of sp³-hybridized carbons (Fsp3) is 0.623. The molecule has 0 aliphatic carbocycles. The zero-order chi connectivity index (χ0) is 48.6. The van der Waals surface area contributed by atoms with Gasteiger partial charge < -0.3 is 14.2 Å². The molecule has 0 spiro atoms. The molecule has 0 aromatic heterocycles. The molecule has 0 N–H and O–H groups in total. The Morgan fingerprint density at radius 2 is 0.597 bits per heavy atom. The highest BCUT2D eigenvalue weighted by molar-refractivity contribution is 5.71. The average molecular weight is 927 g/mol. The molecular formula is C61H98O6. The van der Waals surface area contributed by atoms with Crippen LogP contribution in [0.25, 0.3) is 0 Å². The summed E-state index contributed by atoms with van der Waals surface area (Å²) in [4.78, 5) is 38.0. The Bertz CT molecular complexity index is 1440. The second kappa shape index (κ2) is 54.4. The topological polar surface area (TPSA) is 78.9 Å². The highest BCUT2D eigenvalue weighted by Crippen LogP contribution is 2.12. The summed E-state index contributed by atoms with van der Waals surface area (Å²) in [6, 6.07) is 0. The lowest BCUT2D eigenvalue weighted by Gasteiger charge is -2.18. The Kier molecular flexibility index (Phi) is 51.0. The molecule has 1 atom stereocenters. The van der Waals surface area contributed by atoms with Gasteiger partial charge in [-0.25, -0.2) is 0 Å². The van der Waals surface area contributed by atoms with Crippen molar-refractivity contribution in [2.24, 2.45) is 0 Å². The van der Waals surface area contributed by atoms with Crippen LogP contribution in [0.15, 0.2) is 122 Å². The second-order valence-corrected chi connectivity index (χ2v) is 17.4. The molecule has 0 aromatic carbocycles. The molecule has 0 aliphatic rings. The number of hydrogen-bond acceptors (Lipinski definition) is 6. The lowest BCUT2D eigenvalue weighted by Crippen LogP contribution is -2.30. The van der Waals surface area contributed by atoms with Crippen molar-refractivity contribution in [1.82, 2.24) is 0 Å². The van der Waals surface area contributed by atoms with Crippen molar-refractivity contribution in [1.29, 1.82) is 0 Å². The summed E-state index contributed by atoms with van der Waals surface area (Å²) in [5.74, 6) is -1.06. The first-order valence-corrected chi connectivity index (χ1v) is 27.0. The van der Waals surface area contributed by atoms with E-state index in [-0.39, 0.29) is 44.0 Å². The maximum Gasteiger partial charge on any atom is 0.306 e. The zero-order valence-electron chi connectivity index (χ0n) is 43.1. The number of ether oxygens (including phenoxy) is 3. The third-order valence-corrected chi connectivity index (χ3v) is 10.9. The van der Waals surface area contributed by atoms with Gasteiger partial charge in [-0.15, -0.1) is 0 Å². The van der Waals surface area contributed by atoms with E-state index in [9.17, 15) is 14.4 Å². The molecule has 0 bridgehead atoms. The van der Waals surface area contributed by atoms with E-state index in [0.717, 1.165) is 103 Å². The van der Waals surface area contributed by atoms with Gasteiger partial charge >= 0.3 is 17.9 Å². The number of rotatable bonds is 47. The molecule has 67 heavy (non-hydrogen) atoms. The van der Waals surface area contributed by atoms with Gasteiger partial charge in [-0.3, -0.25) is 14.4 Å². The molecular weight excluding hydrogens is 829 g/mol. The Morgan fingerprint density at radius 1 is 0.313 bits per heavy atom. The van der Waals surface area contributed by atoms with Crippen molar-refractivity contribution >= 4 is 17.9 Å². The monoisotopic (exact) mass is 927 g/mol. The summed E-state index contributed by atoms with van der Waals surface area (Å²) in [7, 11) is 0.